The molecule has 2 rings (SSSR count). The predicted molar refractivity (Wildman–Crippen MR) is 78.9 cm³/mol. The van der Waals surface area contributed by atoms with E-state index in [1.807, 2.05) is 19.1 Å². The topological polar surface area (TPSA) is 63.2 Å². The Labute approximate surface area is 120 Å². The number of anilines is 1. The van der Waals surface area contributed by atoms with E-state index >= 15 is 0 Å². The minimum Gasteiger partial charge on any atom is -0.375 e. The summed E-state index contributed by atoms with van der Waals surface area (Å²) in [4.78, 5) is 16.5. The highest BCUT2D eigenvalue weighted by molar-refractivity contribution is 5.92. The molecule has 2 heterocycles. The first-order valence-electron chi connectivity index (χ1n) is 7.16. The molecular weight excluding hydrogens is 254 g/mol. The predicted octanol–water partition coefficient (Wildman–Crippen LogP) is 2.20. The molecule has 0 bridgehead atoms. The Morgan fingerprint density at radius 2 is 2.30 bits per heavy atom. The number of amides is 1. The van der Waals surface area contributed by atoms with Crippen molar-refractivity contribution in [2.75, 3.05) is 18.5 Å². The number of aromatic nitrogens is 1. The lowest BCUT2D eigenvalue weighted by Gasteiger charge is -2.35. The van der Waals surface area contributed by atoms with E-state index < -0.39 is 0 Å². The van der Waals surface area contributed by atoms with E-state index in [0.717, 1.165) is 25.2 Å². The third kappa shape index (κ3) is 3.93. The van der Waals surface area contributed by atoms with Crippen LogP contribution < -0.4 is 10.6 Å². The van der Waals surface area contributed by atoms with E-state index in [1.165, 1.54) is 0 Å². The van der Waals surface area contributed by atoms with Gasteiger partial charge in [0, 0.05) is 19.2 Å². The van der Waals surface area contributed by atoms with E-state index in [9.17, 15) is 4.79 Å². The number of pyridine rings is 1. The number of carbonyl (C=O) groups excluding carboxylic acids is 1. The highest BCUT2D eigenvalue weighted by Gasteiger charge is 2.29. The van der Waals surface area contributed by atoms with Gasteiger partial charge in [-0.25, -0.2) is 4.98 Å². The third-order valence-corrected chi connectivity index (χ3v) is 3.37. The average molecular weight is 277 g/mol. The van der Waals surface area contributed by atoms with Crippen LogP contribution in [0.3, 0.4) is 0 Å². The van der Waals surface area contributed by atoms with Gasteiger partial charge in [0.1, 0.15) is 11.5 Å². The normalized spacial score (nSPS) is 21.2. The quantitative estimate of drug-likeness (QED) is 0.885. The molecule has 2 N–H and O–H groups in total. The zero-order valence-corrected chi connectivity index (χ0v) is 12.4. The molecule has 0 aliphatic carbocycles. The van der Waals surface area contributed by atoms with Gasteiger partial charge >= 0.3 is 0 Å². The smallest absolute Gasteiger partial charge is 0.270 e. The summed E-state index contributed by atoms with van der Waals surface area (Å²) >= 11 is 0. The molecule has 1 aromatic rings. The Hall–Kier alpha value is -1.62. The van der Waals surface area contributed by atoms with Crippen molar-refractivity contribution in [3.63, 3.8) is 0 Å². The maximum Gasteiger partial charge on any atom is 0.270 e. The zero-order chi connectivity index (χ0) is 14.6. The molecule has 0 saturated carbocycles. The molecular formula is C15H23N3O2. The Bertz CT molecular complexity index is 474. The van der Waals surface area contributed by atoms with E-state index in [1.54, 1.807) is 6.07 Å². The van der Waals surface area contributed by atoms with E-state index in [0.29, 0.717) is 12.3 Å². The summed E-state index contributed by atoms with van der Waals surface area (Å²) in [6.07, 6.45) is 1.67. The Balaban J connectivity index is 1.99. The fourth-order valence-electron chi connectivity index (χ4n) is 2.46. The maximum atomic E-state index is 12.2. The second-order valence-corrected chi connectivity index (χ2v) is 5.71. The van der Waals surface area contributed by atoms with Crippen LogP contribution in [-0.2, 0) is 4.74 Å². The van der Waals surface area contributed by atoms with Crippen LogP contribution >= 0.6 is 0 Å². The average Bonchev–Trinajstić information content (AvgIpc) is 2.38. The molecule has 0 radical (unpaired) electrons. The van der Waals surface area contributed by atoms with E-state index in [2.05, 4.69) is 29.5 Å². The van der Waals surface area contributed by atoms with Crippen molar-refractivity contribution in [2.45, 2.75) is 45.3 Å². The van der Waals surface area contributed by atoms with Gasteiger partial charge < -0.3 is 15.4 Å². The van der Waals surface area contributed by atoms with Crippen molar-refractivity contribution in [1.29, 1.82) is 0 Å². The number of nitrogens with one attached hydrogen (secondary N) is 2. The van der Waals surface area contributed by atoms with Crippen LogP contribution in [0.1, 0.15) is 44.1 Å². The third-order valence-electron chi connectivity index (χ3n) is 3.37. The molecule has 1 aromatic heterocycles. The molecule has 110 valence electrons. The van der Waals surface area contributed by atoms with Crippen molar-refractivity contribution in [3.8, 4) is 0 Å². The van der Waals surface area contributed by atoms with Crippen molar-refractivity contribution in [1.82, 2.24) is 10.3 Å². The molecule has 0 aromatic carbocycles. The fraction of sp³-hybridized carbons (Fsp3) is 0.600. The number of carbonyl (C=O) groups is 1. The van der Waals surface area contributed by atoms with Gasteiger partial charge in [-0.15, -0.1) is 0 Å². The van der Waals surface area contributed by atoms with Gasteiger partial charge in [0.25, 0.3) is 5.91 Å². The molecule has 5 heteroatoms. The van der Waals surface area contributed by atoms with E-state index in [4.69, 9.17) is 4.74 Å². The molecule has 1 saturated heterocycles. The lowest BCUT2D eigenvalue weighted by Crippen LogP contribution is -2.46. The van der Waals surface area contributed by atoms with Gasteiger partial charge in [0.2, 0.25) is 0 Å². The Kier molecular flexibility index (Phi) is 4.60. The molecule has 1 fully saturated rings. The molecule has 1 unspecified atom stereocenters. The Morgan fingerprint density at radius 1 is 1.50 bits per heavy atom. The van der Waals surface area contributed by atoms with Gasteiger partial charge in [0.05, 0.1) is 5.60 Å². The molecule has 5 nitrogen and oxygen atoms in total. The molecule has 1 aliphatic rings. The summed E-state index contributed by atoms with van der Waals surface area (Å²) in [5.41, 5.74) is 0.280. The summed E-state index contributed by atoms with van der Waals surface area (Å²) in [5, 5.41) is 6.16. The van der Waals surface area contributed by atoms with Gasteiger partial charge in [-0.1, -0.05) is 6.07 Å². The van der Waals surface area contributed by atoms with Gasteiger partial charge in [0.15, 0.2) is 0 Å². The number of nitrogens with zero attached hydrogens (tertiary/aromatic N) is 1. The van der Waals surface area contributed by atoms with Gasteiger partial charge in [-0.3, -0.25) is 4.79 Å². The molecule has 20 heavy (non-hydrogen) atoms. The Morgan fingerprint density at radius 3 is 3.00 bits per heavy atom. The lowest BCUT2D eigenvalue weighted by molar-refractivity contribution is -0.0615. The second kappa shape index (κ2) is 6.22. The number of hydrogen-bond acceptors (Lipinski definition) is 4. The van der Waals surface area contributed by atoms with Crippen molar-refractivity contribution >= 4 is 11.7 Å². The van der Waals surface area contributed by atoms with Crippen LogP contribution in [0.5, 0.6) is 0 Å². The number of ether oxygens (including phenoxy) is 1. The minimum atomic E-state index is -0.171. The van der Waals surface area contributed by atoms with Crippen LogP contribution in [0.4, 0.5) is 5.82 Å². The summed E-state index contributed by atoms with van der Waals surface area (Å²) in [6, 6.07) is 5.59. The largest absolute Gasteiger partial charge is 0.375 e. The molecule has 1 aliphatic heterocycles. The molecule has 0 spiro atoms. The first kappa shape index (κ1) is 14.8. The molecule has 1 amide bonds. The second-order valence-electron chi connectivity index (χ2n) is 5.71. The molecule has 1 atom stereocenters. The summed E-state index contributed by atoms with van der Waals surface area (Å²) in [7, 11) is 0. The van der Waals surface area contributed by atoms with Crippen molar-refractivity contribution in [3.05, 3.63) is 23.9 Å². The zero-order valence-electron chi connectivity index (χ0n) is 12.4. The van der Waals surface area contributed by atoms with Gasteiger partial charge in [-0.05, 0) is 45.7 Å². The number of hydrogen-bond donors (Lipinski definition) is 2. The minimum absolute atomic E-state index is 0.118. The summed E-state index contributed by atoms with van der Waals surface area (Å²) < 4.78 is 5.66. The van der Waals surface area contributed by atoms with Crippen LogP contribution in [0.25, 0.3) is 0 Å². The lowest BCUT2D eigenvalue weighted by atomic mass is 9.94. The highest BCUT2D eigenvalue weighted by atomic mass is 16.5. The van der Waals surface area contributed by atoms with Crippen molar-refractivity contribution in [2.24, 2.45) is 0 Å². The SMILES string of the molecule is CCNc1cccc(C(=O)NC2CCOC(C)(C)C2)n1. The first-order chi connectivity index (χ1) is 9.50. The standard InChI is InChI=1S/C15H23N3O2/c1-4-16-13-7-5-6-12(18-13)14(19)17-11-8-9-20-15(2,3)10-11/h5-7,11H,4,8-10H2,1-3H3,(H,16,18)(H,17,19). The van der Waals surface area contributed by atoms with Crippen LogP contribution in [-0.4, -0.2) is 35.7 Å². The van der Waals surface area contributed by atoms with E-state index in [-0.39, 0.29) is 17.6 Å². The van der Waals surface area contributed by atoms with Crippen LogP contribution in [0.15, 0.2) is 18.2 Å². The maximum absolute atomic E-state index is 12.2. The summed E-state index contributed by atoms with van der Waals surface area (Å²) in [5.74, 6) is 0.611. The van der Waals surface area contributed by atoms with Gasteiger partial charge in [-0.2, -0.15) is 0 Å². The van der Waals surface area contributed by atoms with Crippen LogP contribution in [0.2, 0.25) is 0 Å². The highest BCUT2D eigenvalue weighted by Crippen LogP contribution is 2.24. The van der Waals surface area contributed by atoms with Crippen LogP contribution in [0, 0.1) is 0 Å². The van der Waals surface area contributed by atoms with Crippen molar-refractivity contribution < 1.29 is 9.53 Å². The monoisotopic (exact) mass is 277 g/mol. The first-order valence-corrected chi connectivity index (χ1v) is 7.16. The summed E-state index contributed by atoms with van der Waals surface area (Å²) in [6.45, 7) is 7.57. The number of rotatable bonds is 4. The fourth-order valence-corrected chi connectivity index (χ4v) is 2.46.